The summed E-state index contributed by atoms with van der Waals surface area (Å²) in [5.74, 6) is -0.733. The minimum absolute atomic E-state index is 0.0813. The molecule has 0 radical (unpaired) electrons. The average molecular weight is 552 g/mol. The van der Waals surface area contributed by atoms with Crippen molar-refractivity contribution in [2.45, 2.75) is 31.1 Å². The summed E-state index contributed by atoms with van der Waals surface area (Å²) in [6.07, 6.45) is 2.13. The molecule has 11 heteroatoms. The second-order valence-corrected chi connectivity index (χ2v) is 11.3. The summed E-state index contributed by atoms with van der Waals surface area (Å²) in [5, 5.41) is 0. The maximum absolute atomic E-state index is 13.3. The number of amides is 3. The number of hydrogen-bond acceptors (Lipinski definition) is 6. The normalized spacial score (nSPS) is 16.0. The van der Waals surface area contributed by atoms with Gasteiger partial charge in [-0.3, -0.25) is 14.4 Å². The molecule has 3 amide bonds. The van der Waals surface area contributed by atoms with E-state index in [2.05, 4.69) is 15.9 Å². The van der Waals surface area contributed by atoms with Crippen molar-refractivity contribution in [3.05, 3.63) is 46.3 Å². The summed E-state index contributed by atoms with van der Waals surface area (Å²) in [6, 6.07) is 6.59. The van der Waals surface area contributed by atoms with E-state index in [-0.39, 0.29) is 47.0 Å². The minimum atomic E-state index is -3.82. The van der Waals surface area contributed by atoms with Gasteiger partial charge in [0, 0.05) is 50.0 Å². The molecular formula is C23H26BrN3O6S. The molecule has 182 valence electrons. The topological polar surface area (TPSA) is 108 Å². The van der Waals surface area contributed by atoms with Gasteiger partial charge in [-0.25, -0.2) is 8.42 Å². The van der Waals surface area contributed by atoms with E-state index in [4.69, 9.17) is 4.42 Å². The third-order valence-corrected chi connectivity index (χ3v) is 8.35. The third kappa shape index (κ3) is 4.90. The number of nitrogens with zero attached hydrogens (tertiary/aromatic N) is 3. The van der Waals surface area contributed by atoms with Gasteiger partial charge in [0.1, 0.15) is 0 Å². The van der Waals surface area contributed by atoms with E-state index in [1.165, 1.54) is 17.2 Å². The fourth-order valence-corrected chi connectivity index (χ4v) is 6.51. The standard InChI is InChI=1S/C23H26BrN3O6S/c1-2-20(28)27-7-5-16-14-17(24)15-19(22(16)27)34(31,32)13-6-21(29)25-8-10-26(11-9-25)23(30)18-4-3-12-33-18/h3-4,12,14-15H,2,5-11,13H2,1H3. The molecule has 0 aliphatic carbocycles. The number of carbonyl (C=O) groups is 3. The number of sulfone groups is 1. The van der Waals surface area contributed by atoms with Gasteiger partial charge in [0.15, 0.2) is 15.6 Å². The highest BCUT2D eigenvalue weighted by molar-refractivity contribution is 9.10. The zero-order chi connectivity index (χ0) is 24.5. The van der Waals surface area contributed by atoms with Crippen molar-refractivity contribution in [1.82, 2.24) is 9.80 Å². The van der Waals surface area contributed by atoms with Gasteiger partial charge in [0.25, 0.3) is 5.91 Å². The van der Waals surface area contributed by atoms with Gasteiger partial charge in [0.2, 0.25) is 11.8 Å². The van der Waals surface area contributed by atoms with Crippen LogP contribution in [-0.2, 0) is 25.8 Å². The van der Waals surface area contributed by atoms with Crippen LogP contribution in [0.1, 0.15) is 35.9 Å². The van der Waals surface area contributed by atoms with Crippen molar-refractivity contribution >= 4 is 49.2 Å². The molecule has 2 aliphatic rings. The Balaban J connectivity index is 1.41. The lowest BCUT2D eigenvalue weighted by molar-refractivity contribution is -0.132. The highest BCUT2D eigenvalue weighted by atomic mass is 79.9. The van der Waals surface area contributed by atoms with Gasteiger partial charge in [0.05, 0.1) is 22.6 Å². The molecule has 0 saturated carbocycles. The van der Waals surface area contributed by atoms with Crippen LogP contribution in [0.5, 0.6) is 0 Å². The van der Waals surface area contributed by atoms with Crippen molar-refractivity contribution in [2.75, 3.05) is 43.4 Å². The van der Waals surface area contributed by atoms with Crippen LogP contribution in [0.2, 0.25) is 0 Å². The number of rotatable bonds is 6. The molecule has 1 fully saturated rings. The number of halogens is 1. The summed E-state index contributed by atoms with van der Waals surface area (Å²) in [5.41, 5.74) is 1.24. The van der Waals surface area contributed by atoms with E-state index in [0.29, 0.717) is 49.3 Å². The molecule has 1 aromatic heterocycles. The number of fused-ring (bicyclic) bond motifs is 1. The number of benzene rings is 1. The number of anilines is 1. The number of hydrogen-bond donors (Lipinski definition) is 0. The fourth-order valence-electron chi connectivity index (χ4n) is 4.35. The molecule has 0 bridgehead atoms. The summed E-state index contributed by atoms with van der Waals surface area (Å²) < 4.78 is 32.3. The summed E-state index contributed by atoms with van der Waals surface area (Å²) >= 11 is 3.37. The highest BCUT2D eigenvalue weighted by Gasteiger charge is 2.33. The van der Waals surface area contributed by atoms with Gasteiger partial charge < -0.3 is 19.1 Å². The van der Waals surface area contributed by atoms with Crippen LogP contribution in [0.4, 0.5) is 5.69 Å². The lowest BCUT2D eigenvalue weighted by Gasteiger charge is -2.34. The molecule has 1 saturated heterocycles. The molecule has 9 nitrogen and oxygen atoms in total. The van der Waals surface area contributed by atoms with Crippen LogP contribution in [0, 0.1) is 0 Å². The summed E-state index contributed by atoms with van der Waals surface area (Å²) in [4.78, 5) is 42.4. The van der Waals surface area contributed by atoms with Crippen LogP contribution in [0.15, 0.2) is 44.3 Å². The monoisotopic (exact) mass is 551 g/mol. The Morgan fingerprint density at radius 2 is 1.74 bits per heavy atom. The van der Waals surface area contributed by atoms with E-state index in [0.717, 1.165) is 5.56 Å². The molecule has 34 heavy (non-hydrogen) atoms. The van der Waals surface area contributed by atoms with Crippen molar-refractivity contribution in [2.24, 2.45) is 0 Å². The molecule has 2 aliphatic heterocycles. The maximum atomic E-state index is 13.3. The molecule has 0 N–H and O–H groups in total. The summed E-state index contributed by atoms with van der Waals surface area (Å²) in [7, 11) is -3.82. The Bertz CT molecular complexity index is 1200. The van der Waals surface area contributed by atoms with Crippen LogP contribution in [0.3, 0.4) is 0 Å². The van der Waals surface area contributed by atoms with Gasteiger partial charge in [-0.2, -0.15) is 0 Å². The Morgan fingerprint density at radius 1 is 1.03 bits per heavy atom. The van der Waals surface area contributed by atoms with Crippen LogP contribution in [-0.4, -0.2) is 74.4 Å². The lowest BCUT2D eigenvalue weighted by atomic mass is 10.2. The Labute approximate surface area is 206 Å². The van der Waals surface area contributed by atoms with Gasteiger partial charge >= 0.3 is 0 Å². The van der Waals surface area contributed by atoms with Gasteiger partial charge in [-0.1, -0.05) is 22.9 Å². The first kappa shape index (κ1) is 24.5. The highest BCUT2D eigenvalue weighted by Crippen LogP contribution is 2.38. The first-order chi connectivity index (χ1) is 16.2. The smallest absolute Gasteiger partial charge is 0.289 e. The number of furan rings is 1. The molecule has 3 heterocycles. The first-order valence-electron chi connectivity index (χ1n) is 11.2. The molecule has 0 atom stereocenters. The Kier molecular flexibility index (Phi) is 7.13. The molecule has 1 aromatic carbocycles. The summed E-state index contributed by atoms with van der Waals surface area (Å²) in [6.45, 7) is 3.55. The van der Waals surface area contributed by atoms with E-state index < -0.39 is 9.84 Å². The molecule has 2 aromatic rings. The zero-order valence-corrected chi connectivity index (χ0v) is 21.2. The van der Waals surface area contributed by atoms with Crippen molar-refractivity contribution in [1.29, 1.82) is 0 Å². The zero-order valence-electron chi connectivity index (χ0n) is 18.8. The molecule has 4 rings (SSSR count). The second-order valence-electron chi connectivity index (χ2n) is 8.28. The fraction of sp³-hybridized carbons (Fsp3) is 0.435. The Morgan fingerprint density at radius 3 is 2.38 bits per heavy atom. The van der Waals surface area contributed by atoms with Crippen LogP contribution < -0.4 is 4.90 Å². The third-order valence-electron chi connectivity index (χ3n) is 6.17. The largest absolute Gasteiger partial charge is 0.459 e. The predicted octanol–water partition coefficient (Wildman–Crippen LogP) is 2.49. The van der Waals surface area contributed by atoms with Gasteiger partial charge in [-0.15, -0.1) is 0 Å². The van der Waals surface area contributed by atoms with Crippen molar-refractivity contribution < 1.29 is 27.2 Å². The predicted molar refractivity (Wildman–Crippen MR) is 128 cm³/mol. The quantitative estimate of drug-likeness (QED) is 0.545. The maximum Gasteiger partial charge on any atom is 0.289 e. The first-order valence-corrected chi connectivity index (χ1v) is 13.6. The van der Waals surface area contributed by atoms with Crippen LogP contribution >= 0.6 is 15.9 Å². The van der Waals surface area contributed by atoms with E-state index >= 15 is 0 Å². The minimum Gasteiger partial charge on any atom is -0.459 e. The van der Waals surface area contributed by atoms with Gasteiger partial charge in [-0.05, 0) is 36.2 Å². The SMILES string of the molecule is CCC(=O)N1CCc2cc(Br)cc(S(=O)(=O)CCC(=O)N3CCN(C(=O)c4ccco4)CC3)c21. The van der Waals surface area contributed by atoms with E-state index in [9.17, 15) is 22.8 Å². The van der Waals surface area contributed by atoms with E-state index in [1.54, 1.807) is 28.9 Å². The number of piperazine rings is 1. The second kappa shape index (κ2) is 9.91. The van der Waals surface area contributed by atoms with Crippen LogP contribution in [0.25, 0.3) is 0 Å². The molecule has 0 unspecified atom stereocenters. The lowest BCUT2D eigenvalue weighted by Crippen LogP contribution is -2.50. The number of carbonyl (C=O) groups excluding carboxylic acids is 3. The average Bonchev–Trinajstić information content (AvgIpc) is 3.51. The molecule has 0 spiro atoms. The van der Waals surface area contributed by atoms with Crippen molar-refractivity contribution in [3.8, 4) is 0 Å². The Hall–Kier alpha value is -2.66. The molecular weight excluding hydrogens is 526 g/mol. The van der Waals surface area contributed by atoms with Crippen molar-refractivity contribution in [3.63, 3.8) is 0 Å². The van der Waals surface area contributed by atoms with E-state index in [1.807, 2.05) is 6.07 Å².